The molecule has 3 rings (SSSR count). The number of benzene rings is 2. The third-order valence-electron chi connectivity index (χ3n) is 3.87. The highest BCUT2D eigenvalue weighted by atomic mass is 16.4. The average molecular weight is 308 g/mol. The van der Waals surface area contributed by atoms with Gasteiger partial charge in [0.15, 0.2) is 0 Å². The van der Waals surface area contributed by atoms with Crippen LogP contribution in [0.15, 0.2) is 53.5 Å². The number of hydrogen-bond acceptors (Lipinski definition) is 3. The predicted molar refractivity (Wildman–Crippen MR) is 88.1 cm³/mol. The smallest absolute Gasteiger partial charge is 0.310 e. The van der Waals surface area contributed by atoms with Crippen molar-refractivity contribution in [2.24, 2.45) is 4.99 Å². The number of benzodiazepines with no additional fused rings is 1. The van der Waals surface area contributed by atoms with Crippen molar-refractivity contribution in [3.63, 3.8) is 0 Å². The van der Waals surface area contributed by atoms with E-state index in [0.717, 1.165) is 11.1 Å². The first-order chi connectivity index (χ1) is 11.1. The number of carbonyl (C=O) groups is 2. The van der Waals surface area contributed by atoms with Crippen LogP contribution < -0.4 is 5.32 Å². The van der Waals surface area contributed by atoms with Crippen LogP contribution in [0.3, 0.4) is 0 Å². The van der Waals surface area contributed by atoms with Crippen LogP contribution in [0, 0.1) is 0 Å². The van der Waals surface area contributed by atoms with Gasteiger partial charge in [-0.25, -0.2) is 0 Å². The fraction of sp³-hybridized carbons (Fsp3) is 0.167. The summed E-state index contributed by atoms with van der Waals surface area (Å²) in [5, 5.41) is 12.0. The van der Waals surface area contributed by atoms with Crippen molar-refractivity contribution in [1.29, 1.82) is 0 Å². The number of aliphatic carboxylic acids is 1. The molecule has 1 heterocycles. The Hall–Kier alpha value is -2.95. The molecule has 0 spiro atoms. The maximum atomic E-state index is 11.8. The van der Waals surface area contributed by atoms with E-state index in [1.165, 1.54) is 0 Å². The number of nitrogens with one attached hydrogen (secondary N) is 1. The quantitative estimate of drug-likeness (QED) is 0.915. The SMILES string of the molecule is CC(C(=O)O)c1ccc2c(c1)C(c1ccccc1)=NCC(=O)N2. The van der Waals surface area contributed by atoms with Crippen molar-refractivity contribution in [3.05, 3.63) is 65.2 Å². The Balaban J connectivity index is 2.15. The molecule has 0 fully saturated rings. The molecule has 0 bridgehead atoms. The van der Waals surface area contributed by atoms with E-state index in [9.17, 15) is 14.7 Å². The molecule has 2 aromatic carbocycles. The topological polar surface area (TPSA) is 78.8 Å². The lowest BCUT2D eigenvalue weighted by molar-refractivity contribution is -0.138. The molecule has 2 aromatic rings. The molecule has 0 radical (unpaired) electrons. The zero-order valence-corrected chi connectivity index (χ0v) is 12.6. The Morgan fingerprint density at radius 1 is 1.22 bits per heavy atom. The van der Waals surface area contributed by atoms with Gasteiger partial charge in [-0.2, -0.15) is 0 Å². The summed E-state index contributed by atoms with van der Waals surface area (Å²) >= 11 is 0. The molecule has 0 saturated carbocycles. The maximum Gasteiger partial charge on any atom is 0.310 e. The van der Waals surface area contributed by atoms with E-state index in [4.69, 9.17) is 0 Å². The molecular weight excluding hydrogens is 292 g/mol. The van der Waals surface area contributed by atoms with E-state index in [-0.39, 0.29) is 12.5 Å². The normalized spacial score (nSPS) is 15.0. The highest BCUT2D eigenvalue weighted by Gasteiger charge is 2.21. The van der Waals surface area contributed by atoms with Crippen LogP contribution in [0.5, 0.6) is 0 Å². The molecule has 116 valence electrons. The van der Waals surface area contributed by atoms with E-state index in [1.807, 2.05) is 30.3 Å². The van der Waals surface area contributed by atoms with E-state index in [1.54, 1.807) is 25.1 Å². The fourth-order valence-corrected chi connectivity index (χ4v) is 2.55. The summed E-state index contributed by atoms with van der Waals surface area (Å²) < 4.78 is 0. The van der Waals surface area contributed by atoms with E-state index in [0.29, 0.717) is 17.0 Å². The predicted octanol–water partition coefficient (Wildman–Crippen LogP) is 2.66. The Bertz CT molecular complexity index is 797. The number of hydrogen-bond donors (Lipinski definition) is 2. The monoisotopic (exact) mass is 308 g/mol. The number of carboxylic acids is 1. The Labute approximate surface area is 133 Å². The molecule has 0 saturated heterocycles. The third kappa shape index (κ3) is 2.99. The van der Waals surface area contributed by atoms with Crippen LogP contribution in [-0.2, 0) is 9.59 Å². The molecule has 1 atom stereocenters. The second kappa shape index (κ2) is 6.04. The fourth-order valence-electron chi connectivity index (χ4n) is 2.55. The van der Waals surface area contributed by atoms with Gasteiger partial charge < -0.3 is 10.4 Å². The van der Waals surface area contributed by atoms with Crippen molar-refractivity contribution >= 4 is 23.3 Å². The van der Waals surface area contributed by atoms with Crippen LogP contribution in [-0.4, -0.2) is 29.2 Å². The van der Waals surface area contributed by atoms with Gasteiger partial charge in [-0.3, -0.25) is 14.6 Å². The highest BCUT2D eigenvalue weighted by molar-refractivity contribution is 6.19. The van der Waals surface area contributed by atoms with Crippen LogP contribution in [0.1, 0.15) is 29.5 Å². The molecule has 1 amide bonds. The number of anilines is 1. The minimum absolute atomic E-state index is 0.0444. The molecular formula is C18H16N2O3. The number of rotatable bonds is 3. The van der Waals surface area contributed by atoms with Gasteiger partial charge in [-0.05, 0) is 24.6 Å². The van der Waals surface area contributed by atoms with Crippen LogP contribution in [0.2, 0.25) is 0 Å². The molecule has 23 heavy (non-hydrogen) atoms. The van der Waals surface area contributed by atoms with Gasteiger partial charge in [-0.15, -0.1) is 0 Å². The number of fused-ring (bicyclic) bond motifs is 1. The molecule has 1 unspecified atom stereocenters. The number of aliphatic imine (C=N–C) groups is 1. The summed E-state index contributed by atoms with van der Waals surface area (Å²) in [5.41, 5.74) is 3.66. The number of carboxylic acid groups (broad SMARTS) is 1. The minimum atomic E-state index is -0.888. The van der Waals surface area contributed by atoms with Crippen molar-refractivity contribution < 1.29 is 14.7 Å². The average Bonchev–Trinajstić information content (AvgIpc) is 2.72. The lowest BCUT2D eigenvalue weighted by atomic mass is 9.94. The Morgan fingerprint density at radius 3 is 2.65 bits per heavy atom. The van der Waals surface area contributed by atoms with E-state index < -0.39 is 11.9 Å². The van der Waals surface area contributed by atoms with Crippen LogP contribution in [0.25, 0.3) is 0 Å². The summed E-state index contributed by atoms with van der Waals surface area (Å²) in [6.45, 7) is 1.68. The van der Waals surface area contributed by atoms with Gasteiger partial charge in [0, 0.05) is 11.1 Å². The van der Waals surface area contributed by atoms with Gasteiger partial charge in [0.1, 0.15) is 6.54 Å². The summed E-state index contributed by atoms with van der Waals surface area (Å²) in [6, 6.07) is 14.8. The summed E-state index contributed by atoms with van der Waals surface area (Å²) in [6.07, 6.45) is 0. The highest BCUT2D eigenvalue weighted by Crippen LogP contribution is 2.27. The molecule has 5 nitrogen and oxygen atoms in total. The summed E-state index contributed by atoms with van der Waals surface area (Å²) in [7, 11) is 0. The van der Waals surface area contributed by atoms with Gasteiger partial charge in [0.05, 0.1) is 17.3 Å². The molecule has 2 N–H and O–H groups in total. The zero-order valence-electron chi connectivity index (χ0n) is 12.6. The number of carbonyl (C=O) groups excluding carboxylic acids is 1. The van der Waals surface area contributed by atoms with Gasteiger partial charge in [0.25, 0.3) is 0 Å². The third-order valence-corrected chi connectivity index (χ3v) is 3.87. The summed E-state index contributed by atoms with van der Waals surface area (Å²) in [4.78, 5) is 27.5. The van der Waals surface area contributed by atoms with Crippen molar-refractivity contribution in [2.75, 3.05) is 11.9 Å². The largest absolute Gasteiger partial charge is 0.481 e. The minimum Gasteiger partial charge on any atom is -0.481 e. The molecule has 5 heteroatoms. The molecule has 0 aliphatic carbocycles. The van der Waals surface area contributed by atoms with E-state index >= 15 is 0 Å². The Kier molecular flexibility index (Phi) is 3.93. The van der Waals surface area contributed by atoms with Crippen LogP contribution >= 0.6 is 0 Å². The van der Waals surface area contributed by atoms with Crippen molar-refractivity contribution in [1.82, 2.24) is 0 Å². The number of amides is 1. The second-order valence-electron chi connectivity index (χ2n) is 5.44. The van der Waals surface area contributed by atoms with Crippen molar-refractivity contribution in [3.8, 4) is 0 Å². The maximum absolute atomic E-state index is 11.8. The summed E-state index contributed by atoms with van der Waals surface area (Å²) in [5.74, 6) is -1.70. The first-order valence-electron chi connectivity index (χ1n) is 7.33. The first-order valence-corrected chi connectivity index (χ1v) is 7.33. The lowest BCUT2D eigenvalue weighted by Crippen LogP contribution is -2.14. The lowest BCUT2D eigenvalue weighted by Gasteiger charge is -2.14. The molecule has 1 aliphatic heterocycles. The molecule has 0 aromatic heterocycles. The second-order valence-corrected chi connectivity index (χ2v) is 5.44. The van der Waals surface area contributed by atoms with E-state index in [2.05, 4.69) is 10.3 Å². The van der Waals surface area contributed by atoms with Gasteiger partial charge in [0.2, 0.25) is 5.91 Å². The van der Waals surface area contributed by atoms with Crippen LogP contribution in [0.4, 0.5) is 5.69 Å². The van der Waals surface area contributed by atoms with Crippen molar-refractivity contribution in [2.45, 2.75) is 12.8 Å². The molecule has 1 aliphatic rings. The first kappa shape index (κ1) is 15.0. The zero-order chi connectivity index (χ0) is 16.4. The van der Waals surface area contributed by atoms with Gasteiger partial charge >= 0.3 is 5.97 Å². The van der Waals surface area contributed by atoms with Gasteiger partial charge in [-0.1, -0.05) is 36.4 Å². The standard InChI is InChI=1S/C18H16N2O3/c1-11(18(22)23)13-7-8-15-14(9-13)17(19-10-16(21)20-15)12-5-3-2-4-6-12/h2-9,11H,10H2,1H3,(H,20,21)(H,22,23). The Morgan fingerprint density at radius 2 is 1.96 bits per heavy atom. The number of nitrogens with zero attached hydrogens (tertiary/aromatic N) is 1.